The van der Waals surface area contributed by atoms with Crippen molar-refractivity contribution >= 4 is 23.3 Å². The number of ketones is 1. The summed E-state index contributed by atoms with van der Waals surface area (Å²) in [4.78, 5) is 21.8. The molecule has 0 saturated carbocycles. The van der Waals surface area contributed by atoms with Crippen molar-refractivity contribution in [3.05, 3.63) is 63.6 Å². The Bertz CT molecular complexity index is 855. The predicted molar refractivity (Wildman–Crippen MR) is 97.2 cm³/mol. The molecule has 0 radical (unpaired) electrons. The van der Waals surface area contributed by atoms with Crippen LogP contribution in [0.2, 0.25) is 5.02 Å². The number of aromatic nitrogens is 2. The summed E-state index contributed by atoms with van der Waals surface area (Å²) >= 11 is 6.05. The third kappa shape index (κ3) is 2.89. The van der Waals surface area contributed by atoms with Gasteiger partial charge in [0.1, 0.15) is 6.04 Å². The van der Waals surface area contributed by atoms with E-state index in [4.69, 9.17) is 11.6 Å². The third-order valence-corrected chi connectivity index (χ3v) is 4.87. The summed E-state index contributed by atoms with van der Waals surface area (Å²) in [6.45, 7) is 3.90. The van der Waals surface area contributed by atoms with Crippen molar-refractivity contribution in [2.45, 2.75) is 39.2 Å². The van der Waals surface area contributed by atoms with Crippen molar-refractivity contribution in [2.24, 2.45) is 0 Å². The highest BCUT2D eigenvalue weighted by Gasteiger charge is 2.40. The molecule has 1 N–H and O–H groups in total. The van der Waals surface area contributed by atoms with Gasteiger partial charge in [-0.05, 0) is 50.5 Å². The standard InChI is InChI=1S/C19H19ClN4O/c1-11-10-12(2)22-19(21-11)24-18(13-6-8-14(20)9-7-13)17-15(23-24)4-3-5-16(17)25/h6-10,18,23H,3-5H2,1-2H3. The molecule has 25 heavy (non-hydrogen) atoms. The van der Waals surface area contributed by atoms with Gasteiger partial charge in [0, 0.05) is 34.1 Å². The molecule has 0 amide bonds. The Morgan fingerprint density at radius 1 is 1.12 bits per heavy atom. The number of hydrazine groups is 1. The second-order valence-corrected chi connectivity index (χ2v) is 6.99. The van der Waals surface area contributed by atoms with Crippen LogP contribution in [0.25, 0.3) is 0 Å². The van der Waals surface area contributed by atoms with E-state index < -0.39 is 0 Å². The number of aryl methyl sites for hydroxylation is 2. The molecule has 1 aliphatic carbocycles. The normalized spacial score (nSPS) is 19.9. The Morgan fingerprint density at radius 3 is 2.48 bits per heavy atom. The van der Waals surface area contributed by atoms with Gasteiger partial charge in [0.15, 0.2) is 5.78 Å². The fraction of sp³-hybridized carbons (Fsp3) is 0.316. The van der Waals surface area contributed by atoms with Crippen LogP contribution in [0.15, 0.2) is 41.6 Å². The van der Waals surface area contributed by atoms with Gasteiger partial charge in [0.25, 0.3) is 0 Å². The Morgan fingerprint density at radius 2 is 1.80 bits per heavy atom. The molecule has 1 aliphatic heterocycles. The summed E-state index contributed by atoms with van der Waals surface area (Å²) in [6, 6.07) is 9.33. The molecular formula is C19H19ClN4O. The van der Waals surface area contributed by atoms with Gasteiger partial charge in [-0.15, -0.1) is 0 Å². The number of hydrogen-bond donors (Lipinski definition) is 1. The van der Waals surface area contributed by atoms with Crippen LogP contribution in [0.4, 0.5) is 5.95 Å². The van der Waals surface area contributed by atoms with Crippen LogP contribution >= 0.6 is 11.6 Å². The number of carbonyl (C=O) groups is 1. The van der Waals surface area contributed by atoms with E-state index >= 15 is 0 Å². The van der Waals surface area contributed by atoms with E-state index in [0.717, 1.165) is 41.1 Å². The average molecular weight is 355 g/mol. The molecule has 2 heterocycles. The fourth-order valence-corrected chi connectivity index (χ4v) is 3.70. The molecule has 2 aliphatic rings. The first-order valence-corrected chi connectivity index (χ1v) is 8.80. The van der Waals surface area contributed by atoms with Crippen LogP contribution in [-0.2, 0) is 4.79 Å². The Hall–Kier alpha value is -2.40. The fourth-order valence-electron chi connectivity index (χ4n) is 3.58. The smallest absolute Gasteiger partial charge is 0.245 e. The maximum atomic E-state index is 12.6. The van der Waals surface area contributed by atoms with E-state index in [1.165, 1.54) is 0 Å². The van der Waals surface area contributed by atoms with Gasteiger partial charge in [-0.25, -0.2) is 15.0 Å². The Balaban J connectivity index is 1.83. The van der Waals surface area contributed by atoms with Crippen molar-refractivity contribution in [3.8, 4) is 0 Å². The first-order chi connectivity index (χ1) is 12.0. The zero-order chi connectivity index (χ0) is 17.6. The summed E-state index contributed by atoms with van der Waals surface area (Å²) in [5, 5.41) is 2.59. The summed E-state index contributed by atoms with van der Waals surface area (Å²) in [5.74, 6) is 0.778. The van der Waals surface area contributed by atoms with E-state index in [0.29, 0.717) is 17.4 Å². The Kier molecular flexibility index (Phi) is 3.96. The summed E-state index contributed by atoms with van der Waals surface area (Å²) < 4.78 is 0. The largest absolute Gasteiger partial charge is 0.299 e. The molecule has 0 bridgehead atoms. The van der Waals surface area contributed by atoms with Gasteiger partial charge < -0.3 is 0 Å². The van der Waals surface area contributed by atoms with Crippen molar-refractivity contribution < 1.29 is 4.79 Å². The average Bonchev–Trinajstić information content (AvgIpc) is 2.96. The highest BCUT2D eigenvalue weighted by molar-refractivity contribution is 6.30. The molecule has 0 spiro atoms. The summed E-state index contributed by atoms with van der Waals surface area (Å²) in [6.07, 6.45) is 2.33. The predicted octanol–water partition coefficient (Wildman–Crippen LogP) is 3.82. The van der Waals surface area contributed by atoms with Crippen molar-refractivity contribution in [1.82, 2.24) is 15.4 Å². The maximum Gasteiger partial charge on any atom is 0.245 e. The number of nitrogens with one attached hydrogen (secondary N) is 1. The minimum atomic E-state index is -0.235. The third-order valence-electron chi connectivity index (χ3n) is 4.61. The number of halogens is 1. The second kappa shape index (κ2) is 6.15. The summed E-state index contributed by atoms with van der Waals surface area (Å²) in [5.41, 5.74) is 8.00. The first-order valence-electron chi connectivity index (χ1n) is 8.43. The minimum Gasteiger partial charge on any atom is -0.299 e. The van der Waals surface area contributed by atoms with Gasteiger partial charge in [-0.3, -0.25) is 10.2 Å². The van der Waals surface area contributed by atoms with Crippen LogP contribution in [-0.4, -0.2) is 15.8 Å². The van der Waals surface area contributed by atoms with E-state index in [1.807, 2.05) is 49.2 Å². The van der Waals surface area contributed by atoms with Gasteiger partial charge in [0.2, 0.25) is 5.95 Å². The number of carbonyl (C=O) groups excluding carboxylic acids is 1. The lowest BCUT2D eigenvalue weighted by Gasteiger charge is -2.27. The maximum absolute atomic E-state index is 12.6. The number of anilines is 1. The van der Waals surface area contributed by atoms with Crippen LogP contribution in [0, 0.1) is 13.8 Å². The van der Waals surface area contributed by atoms with Gasteiger partial charge >= 0.3 is 0 Å². The number of rotatable bonds is 2. The van der Waals surface area contributed by atoms with E-state index in [9.17, 15) is 4.79 Å². The number of hydrogen-bond acceptors (Lipinski definition) is 5. The zero-order valence-corrected chi connectivity index (χ0v) is 15.0. The molecule has 0 fully saturated rings. The lowest BCUT2D eigenvalue weighted by Crippen LogP contribution is -2.36. The molecule has 2 aromatic rings. The van der Waals surface area contributed by atoms with Crippen molar-refractivity contribution in [2.75, 3.05) is 5.01 Å². The van der Waals surface area contributed by atoms with E-state index in [-0.39, 0.29) is 11.8 Å². The van der Waals surface area contributed by atoms with Gasteiger partial charge in [0.05, 0.1) is 0 Å². The van der Waals surface area contributed by atoms with Crippen LogP contribution < -0.4 is 10.4 Å². The topological polar surface area (TPSA) is 58.1 Å². The minimum absolute atomic E-state index is 0.195. The molecule has 5 nitrogen and oxygen atoms in total. The Labute approximate surface area is 151 Å². The van der Waals surface area contributed by atoms with Crippen LogP contribution in [0.5, 0.6) is 0 Å². The molecule has 0 saturated heterocycles. The quantitative estimate of drug-likeness (QED) is 0.888. The lowest BCUT2D eigenvalue weighted by atomic mass is 9.88. The monoisotopic (exact) mass is 354 g/mol. The first kappa shape index (κ1) is 16.1. The van der Waals surface area contributed by atoms with Gasteiger partial charge in [-0.2, -0.15) is 0 Å². The number of nitrogens with zero attached hydrogens (tertiary/aromatic N) is 3. The number of allylic oxidation sites excluding steroid dienone is 1. The highest BCUT2D eigenvalue weighted by atomic mass is 35.5. The number of benzene rings is 1. The second-order valence-electron chi connectivity index (χ2n) is 6.56. The van der Waals surface area contributed by atoms with Crippen LogP contribution in [0.1, 0.15) is 42.3 Å². The molecule has 1 aromatic carbocycles. The molecule has 1 aromatic heterocycles. The number of Topliss-reactive ketones (excluding diaryl/α,β-unsaturated/α-hetero) is 1. The van der Waals surface area contributed by atoms with E-state index in [1.54, 1.807) is 0 Å². The summed E-state index contributed by atoms with van der Waals surface area (Å²) in [7, 11) is 0. The van der Waals surface area contributed by atoms with Crippen molar-refractivity contribution in [1.29, 1.82) is 0 Å². The van der Waals surface area contributed by atoms with Gasteiger partial charge in [-0.1, -0.05) is 23.7 Å². The molecule has 128 valence electrons. The lowest BCUT2D eigenvalue weighted by molar-refractivity contribution is -0.116. The van der Waals surface area contributed by atoms with Crippen molar-refractivity contribution in [3.63, 3.8) is 0 Å². The molecule has 6 heteroatoms. The van der Waals surface area contributed by atoms with Crippen LogP contribution in [0.3, 0.4) is 0 Å². The molecular weight excluding hydrogens is 336 g/mol. The molecule has 4 rings (SSSR count). The SMILES string of the molecule is Cc1cc(C)nc(N2NC3=C(C(=O)CCC3)C2c2ccc(Cl)cc2)n1. The zero-order valence-electron chi connectivity index (χ0n) is 14.2. The molecule has 1 unspecified atom stereocenters. The molecule has 1 atom stereocenters. The van der Waals surface area contributed by atoms with E-state index in [2.05, 4.69) is 15.4 Å². The highest BCUT2D eigenvalue weighted by Crippen LogP contribution is 2.41.